The molecule has 0 aliphatic heterocycles. The number of benzene rings is 1. The highest BCUT2D eigenvalue weighted by Gasteiger charge is 2.04. The van der Waals surface area contributed by atoms with Crippen LogP contribution in [0.1, 0.15) is 74.2 Å². The number of alkyl halides is 1. The second-order valence-electron chi connectivity index (χ2n) is 5.56. The third-order valence-corrected chi connectivity index (χ3v) is 3.99. The fourth-order valence-corrected chi connectivity index (χ4v) is 2.49. The zero-order chi connectivity index (χ0) is 15.3. The number of amides is 1. The maximum absolute atomic E-state index is 11.9. The molecule has 118 valence electrons. The Morgan fingerprint density at radius 1 is 0.952 bits per heavy atom. The number of carbonyl (C=O) groups excluding carboxylic acids is 1. The maximum atomic E-state index is 11.9. The predicted molar refractivity (Wildman–Crippen MR) is 90.9 cm³/mol. The zero-order valence-electron chi connectivity index (χ0n) is 13.2. The molecule has 0 unspecified atom stereocenters. The number of halogens is 1. The first-order valence-electron chi connectivity index (χ1n) is 8.21. The Balaban J connectivity index is 2.05. The third-order valence-electron chi connectivity index (χ3n) is 3.69. The van der Waals surface area contributed by atoms with Crippen LogP contribution in [0.3, 0.4) is 0 Å². The van der Waals surface area contributed by atoms with E-state index in [4.69, 9.17) is 11.6 Å². The van der Waals surface area contributed by atoms with Crippen molar-refractivity contribution in [1.82, 2.24) is 5.32 Å². The molecule has 0 aromatic heterocycles. The van der Waals surface area contributed by atoms with Gasteiger partial charge >= 0.3 is 0 Å². The summed E-state index contributed by atoms with van der Waals surface area (Å²) in [6.07, 6.45) is 10.3. The summed E-state index contributed by atoms with van der Waals surface area (Å²) in [5.74, 6) is 0.499. The van der Waals surface area contributed by atoms with Crippen molar-refractivity contribution in [3.05, 3.63) is 35.4 Å². The topological polar surface area (TPSA) is 29.1 Å². The lowest BCUT2D eigenvalue weighted by Crippen LogP contribution is -2.24. The highest BCUT2D eigenvalue weighted by molar-refractivity contribution is 6.17. The summed E-state index contributed by atoms with van der Waals surface area (Å²) in [5, 5.41) is 2.98. The Morgan fingerprint density at radius 2 is 1.52 bits per heavy atom. The van der Waals surface area contributed by atoms with Crippen LogP contribution in [-0.2, 0) is 5.88 Å². The highest BCUT2D eigenvalue weighted by Crippen LogP contribution is 2.09. The van der Waals surface area contributed by atoms with Crippen molar-refractivity contribution in [2.24, 2.45) is 0 Å². The van der Waals surface area contributed by atoms with E-state index in [-0.39, 0.29) is 5.91 Å². The molecule has 0 fully saturated rings. The van der Waals surface area contributed by atoms with E-state index in [0.29, 0.717) is 11.4 Å². The molecular formula is C18H28ClNO. The van der Waals surface area contributed by atoms with Gasteiger partial charge in [0.1, 0.15) is 0 Å². The number of hydrogen-bond acceptors (Lipinski definition) is 1. The Labute approximate surface area is 134 Å². The summed E-state index contributed by atoms with van der Waals surface area (Å²) in [4.78, 5) is 11.9. The standard InChI is InChI=1S/C18H28ClNO/c1-2-3-4-5-6-7-8-9-14-20-18(21)17-12-10-16(15-19)11-13-17/h10-13H,2-9,14-15H2,1H3,(H,20,21). The summed E-state index contributed by atoms with van der Waals surface area (Å²) in [5.41, 5.74) is 1.75. The van der Waals surface area contributed by atoms with Crippen LogP contribution in [-0.4, -0.2) is 12.5 Å². The summed E-state index contributed by atoms with van der Waals surface area (Å²) >= 11 is 5.73. The minimum absolute atomic E-state index is 0.0130. The van der Waals surface area contributed by atoms with Crippen molar-refractivity contribution in [2.75, 3.05) is 6.54 Å². The average molecular weight is 310 g/mol. The second-order valence-corrected chi connectivity index (χ2v) is 5.83. The van der Waals surface area contributed by atoms with Crippen molar-refractivity contribution >= 4 is 17.5 Å². The normalized spacial score (nSPS) is 10.6. The Hall–Kier alpha value is -1.02. The smallest absolute Gasteiger partial charge is 0.251 e. The molecule has 3 heteroatoms. The van der Waals surface area contributed by atoms with Gasteiger partial charge in [-0.3, -0.25) is 4.79 Å². The minimum atomic E-state index is 0.0130. The summed E-state index contributed by atoms with van der Waals surface area (Å²) in [6, 6.07) is 7.47. The molecule has 1 aromatic carbocycles. The first kappa shape index (κ1) is 18.0. The van der Waals surface area contributed by atoms with Crippen LogP contribution in [0.5, 0.6) is 0 Å². The molecule has 0 bridgehead atoms. The van der Waals surface area contributed by atoms with E-state index in [0.717, 1.165) is 18.5 Å². The van der Waals surface area contributed by atoms with Gasteiger partial charge in [-0.2, -0.15) is 0 Å². The van der Waals surface area contributed by atoms with Crippen molar-refractivity contribution < 1.29 is 4.79 Å². The molecule has 2 nitrogen and oxygen atoms in total. The van der Waals surface area contributed by atoms with Crippen LogP contribution < -0.4 is 5.32 Å². The number of unbranched alkanes of at least 4 members (excludes halogenated alkanes) is 7. The van der Waals surface area contributed by atoms with Gasteiger partial charge in [0.05, 0.1) is 0 Å². The van der Waals surface area contributed by atoms with Gasteiger partial charge in [-0.15, -0.1) is 11.6 Å². The van der Waals surface area contributed by atoms with Crippen LogP contribution in [0.25, 0.3) is 0 Å². The fraction of sp³-hybridized carbons (Fsp3) is 0.611. The molecule has 0 spiro atoms. The lowest BCUT2D eigenvalue weighted by atomic mass is 10.1. The lowest BCUT2D eigenvalue weighted by Gasteiger charge is -2.06. The molecule has 1 amide bonds. The molecule has 0 aliphatic rings. The van der Waals surface area contributed by atoms with Gasteiger partial charge in [-0.25, -0.2) is 0 Å². The number of nitrogens with one attached hydrogen (secondary N) is 1. The largest absolute Gasteiger partial charge is 0.352 e. The first-order chi connectivity index (χ1) is 10.3. The van der Waals surface area contributed by atoms with Crippen LogP contribution in [0.2, 0.25) is 0 Å². The fourth-order valence-electron chi connectivity index (χ4n) is 2.31. The van der Waals surface area contributed by atoms with Crippen molar-refractivity contribution in [2.45, 2.75) is 64.2 Å². The predicted octanol–water partition coefficient (Wildman–Crippen LogP) is 5.30. The van der Waals surface area contributed by atoms with E-state index in [1.165, 1.54) is 44.9 Å². The van der Waals surface area contributed by atoms with E-state index >= 15 is 0 Å². The van der Waals surface area contributed by atoms with E-state index in [1.54, 1.807) is 0 Å². The number of rotatable bonds is 11. The summed E-state index contributed by atoms with van der Waals surface area (Å²) < 4.78 is 0. The van der Waals surface area contributed by atoms with E-state index in [2.05, 4.69) is 12.2 Å². The van der Waals surface area contributed by atoms with Crippen LogP contribution in [0.15, 0.2) is 24.3 Å². The SMILES string of the molecule is CCCCCCCCCCNC(=O)c1ccc(CCl)cc1. The molecule has 21 heavy (non-hydrogen) atoms. The monoisotopic (exact) mass is 309 g/mol. The first-order valence-corrected chi connectivity index (χ1v) is 8.74. The highest BCUT2D eigenvalue weighted by atomic mass is 35.5. The van der Waals surface area contributed by atoms with Crippen molar-refractivity contribution in [3.63, 3.8) is 0 Å². The number of hydrogen-bond donors (Lipinski definition) is 1. The lowest BCUT2D eigenvalue weighted by molar-refractivity contribution is 0.0953. The molecule has 1 N–H and O–H groups in total. The second kappa shape index (κ2) is 11.6. The molecule has 1 rings (SSSR count). The van der Waals surface area contributed by atoms with E-state index in [1.807, 2.05) is 24.3 Å². The van der Waals surface area contributed by atoms with Gasteiger partial charge < -0.3 is 5.32 Å². The minimum Gasteiger partial charge on any atom is -0.352 e. The van der Waals surface area contributed by atoms with E-state index < -0.39 is 0 Å². The average Bonchev–Trinajstić information content (AvgIpc) is 2.53. The summed E-state index contributed by atoms with van der Waals surface area (Å²) in [6.45, 7) is 3.01. The maximum Gasteiger partial charge on any atom is 0.251 e. The quantitative estimate of drug-likeness (QED) is 0.436. The summed E-state index contributed by atoms with van der Waals surface area (Å²) in [7, 11) is 0. The third kappa shape index (κ3) is 8.11. The van der Waals surface area contributed by atoms with Gasteiger partial charge in [0.15, 0.2) is 0 Å². The Bertz CT molecular complexity index is 389. The van der Waals surface area contributed by atoms with Crippen molar-refractivity contribution in [3.8, 4) is 0 Å². The van der Waals surface area contributed by atoms with E-state index in [9.17, 15) is 4.79 Å². The van der Waals surface area contributed by atoms with Gasteiger partial charge in [0.2, 0.25) is 0 Å². The van der Waals surface area contributed by atoms with Crippen molar-refractivity contribution in [1.29, 1.82) is 0 Å². The van der Waals surface area contributed by atoms with Crippen LogP contribution >= 0.6 is 11.6 Å². The molecule has 0 saturated heterocycles. The van der Waals surface area contributed by atoms with Gasteiger partial charge in [-0.1, -0.05) is 64.0 Å². The molecule has 0 aliphatic carbocycles. The molecule has 0 atom stereocenters. The van der Waals surface area contributed by atoms with Gasteiger partial charge in [0.25, 0.3) is 5.91 Å². The molecule has 0 heterocycles. The number of carbonyl (C=O) groups is 1. The molecule has 0 radical (unpaired) electrons. The Kier molecular flexibility index (Phi) is 9.98. The zero-order valence-corrected chi connectivity index (χ0v) is 13.9. The van der Waals surface area contributed by atoms with Crippen LogP contribution in [0.4, 0.5) is 0 Å². The van der Waals surface area contributed by atoms with Gasteiger partial charge in [-0.05, 0) is 24.1 Å². The molecular weight excluding hydrogens is 282 g/mol. The molecule has 1 aromatic rings. The molecule has 0 saturated carbocycles. The van der Waals surface area contributed by atoms with Gasteiger partial charge in [0, 0.05) is 18.0 Å². The Morgan fingerprint density at radius 3 is 2.10 bits per heavy atom. The van der Waals surface area contributed by atoms with Crippen LogP contribution in [0, 0.1) is 0 Å².